The smallest absolute Gasteiger partial charge is 0.134 e. The first-order valence-corrected chi connectivity index (χ1v) is 14.3. The lowest BCUT2D eigenvalue weighted by Gasteiger charge is -2.28. The molecule has 4 rings (SSSR count). The van der Waals surface area contributed by atoms with Crippen LogP contribution in [0.1, 0.15) is 57.9 Å². The molecule has 13 nitrogen and oxygen atoms in total. The summed E-state index contributed by atoms with van der Waals surface area (Å²) in [6.45, 7) is 13.7. The van der Waals surface area contributed by atoms with Crippen molar-refractivity contribution in [3.63, 3.8) is 0 Å². The van der Waals surface area contributed by atoms with Gasteiger partial charge >= 0.3 is 0 Å². The summed E-state index contributed by atoms with van der Waals surface area (Å²) in [4.78, 5) is 22.1. The van der Waals surface area contributed by atoms with Gasteiger partial charge in [0.05, 0.1) is 43.3 Å². The molecule has 8 N–H and O–H groups in total. The number of morpholine rings is 2. The number of anilines is 2. The first-order chi connectivity index (χ1) is 19.4. The maximum absolute atomic E-state index is 9.82. The molecule has 2 aromatic rings. The third kappa shape index (κ3) is 13.5. The van der Waals surface area contributed by atoms with E-state index in [0.29, 0.717) is 56.4 Å². The molecule has 232 valence electrons. The van der Waals surface area contributed by atoms with Gasteiger partial charge in [-0.05, 0) is 40.5 Å². The molecule has 41 heavy (non-hydrogen) atoms. The van der Waals surface area contributed by atoms with E-state index in [1.54, 1.807) is 33.8 Å². The molecule has 0 bridgehead atoms. The van der Waals surface area contributed by atoms with Gasteiger partial charge < -0.3 is 35.2 Å². The van der Waals surface area contributed by atoms with Crippen molar-refractivity contribution in [2.24, 2.45) is 17.4 Å². The largest absolute Gasteiger partial charge is 0.390 e. The van der Waals surface area contributed by atoms with Gasteiger partial charge in [-0.15, -0.1) is 0 Å². The van der Waals surface area contributed by atoms with Gasteiger partial charge in [0, 0.05) is 57.7 Å². The van der Waals surface area contributed by atoms with Crippen molar-refractivity contribution in [1.82, 2.24) is 19.9 Å². The first-order valence-electron chi connectivity index (χ1n) is 14.0. The number of rotatable bonds is 9. The molecule has 2 saturated heterocycles. The number of hydrogen-bond donors (Lipinski definition) is 5. The molecule has 2 aliphatic heterocycles. The van der Waals surface area contributed by atoms with Crippen LogP contribution in [0.15, 0.2) is 12.1 Å². The van der Waals surface area contributed by atoms with Gasteiger partial charge in [0.15, 0.2) is 0 Å². The molecule has 0 aliphatic carbocycles. The SMILES string of the molecule is CC(C)(O)CCc1nc(CN)cc(N2CCOCC2)n1.CC(C)(O)CCc1nc(Cl)cc(N2CCOCC2)n1.NN. The lowest BCUT2D eigenvalue weighted by molar-refractivity contribution is 0.0702. The van der Waals surface area contributed by atoms with Crippen LogP contribution in [0.3, 0.4) is 0 Å². The summed E-state index contributed by atoms with van der Waals surface area (Å²) in [5, 5.41) is 20.0. The Morgan fingerprint density at radius 2 is 1.17 bits per heavy atom. The second kappa shape index (κ2) is 17.0. The Kier molecular flexibility index (Phi) is 14.5. The molecule has 0 atom stereocenters. The van der Waals surface area contributed by atoms with Crippen LogP contribution in [0.25, 0.3) is 0 Å². The molecule has 2 aromatic heterocycles. The number of nitrogens with two attached hydrogens (primary N) is 3. The van der Waals surface area contributed by atoms with E-state index in [-0.39, 0.29) is 0 Å². The quantitative estimate of drug-likeness (QED) is 0.156. The van der Waals surface area contributed by atoms with Gasteiger partial charge in [0.1, 0.15) is 28.4 Å². The minimum atomic E-state index is -0.717. The second-order valence-corrected chi connectivity index (χ2v) is 11.5. The zero-order valence-corrected chi connectivity index (χ0v) is 25.6. The standard InChI is InChI=1S/C14H24N4O2.C13H20ClN3O2.H4N2/c1-14(2,19)4-3-12-16-11(10-15)9-13(17-12)18-5-7-20-8-6-18;1-13(2,18)4-3-11-15-10(14)9-12(16-11)17-5-7-19-8-6-17;1-2/h9,19H,3-8,10,15H2,1-2H3;9,18H,3-8H2,1-2H3;1-2H2. The number of hydrazine groups is 1. The van der Waals surface area contributed by atoms with Crippen molar-refractivity contribution >= 4 is 23.2 Å². The zero-order chi connectivity index (χ0) is 30.5. The Morgan fingerprint density at radius 3 is 1.59 bits per heavy atom. The highest BCUT2D eigenvalue weighted by Crippen LogP contribution is 2.20. The van der Waals surface area contributed by atoms with E-state index in [9.17, 15) is 10.2 Å². The monoisotopic (exact) mass is 597 g/mol. The number of hydrogen-bond acceptors (Lipinski definition) is 13. The van der Waals surface area contributed by atoms with Crippen LogP contribution >= 0.6 is 11.6 Å². The fourth-order valence-corrected chi connectivity index (χ4v) is 4.26. The molecule has 0 spiro atoms. The van der Waals surface area contributed by atoms with Gasteiger partial charge in [0.2, 0.25) is 0 Å². The number of aromatic nitrogens is 4. The molecule has 0 unspecified atom stereocenters. The molecule has 4 heterocycles. The minimum Gasteiger partial charge on any atom is -0.390 e. The van der Waals surface area contributed by atoms with Crippen molar-refractivity contribution < 1.29 is 19.7 Å². The van der Waals surface area contributed by atoms with E-state index in [0.717, 1.165) is 62.5 Å². The highest BCUT2D eigenvalue weighted by Gasteiger charge is 2.19. The maximum atomic E-state index is 9.82. The van der Waals surface area contributed by atoms with E-state index < -0.39 is 11.2 Å². The van der Waals surface area contributed by atoms with Crippen LogP contribution in [-0.4, -0.2) is 94.0 Å². The number of aliphatic hydroxyl groups is 2. The van der Waals surface area contributed by atoms with Crippen molar-refractivity contribution in [2.75, 3.05) is 62.4 Å². The topological polar surface area (TPSA) is 195 Å². The maximum Gasteiger partial charge on any atom is 0.134 e. The Bertz CT molecular complexity index is 1040. The predicted molar refractivity (Wildman–Crippen MR) is 161 cm³/mol. The van der Waals surface area contributed by atoms with E-state index in [1.165, 1.54) is 0 Å². The Hall–Kier alpha value is -2.23. The molecule has 2 fully saturated rings. The Morgan fingerprint density at radius 1 is 0.756 bits per heavy atom. The predicted octanol–water partition coefficient (Wildman–Crippen LogP) is 0.964. The second-order valence-electron chi connectivity index (χ2n) is 11.1. The van der Waals surface area contributed by atoms with Crippen molar-refractivity contribution in [3.05, 3.63) is 34.6 Å². The zero-order valence-electron chi connectivity index (χ0n) is 24.9. The molecule has 2 aliphatic rings. The highest BCUT2D eigenvalue weighted by molar-refractivity contribution is 6.29. The number of ether oxygens (including phenoxy) is 2. The van der Waals surface area contributed by atoms with Crippen LogP contribution in [0.4, 0.5) is 11.6 Å². The summed E-state index contributed by atoms with van der Waals surface area (Å²) in [6, 6.07) is 3.72. The third-order valence-corrected chi connectivity index (χ3v) is 6.53. The first kappa shape index (κ1) is 35.0. The van der Waals surface area contributed by atoms with Gasteiger partial charge in [-0.2, -0.15) is 0 Å². The average molecular weight is 598 g/mol. The van der Waals surface area contributed by atoms with Gasteiger partial charge in [-0.1, -0.05) is 11.6 Å². The fraction of sp³-hybridized carbons (Fsp3) is 0.704. The van der Waals surface area contributed by atoms with Crippen LogP contribution in [-0.2, 0) is 28.9 Å². The summed E-state index contributed by atoms with van der Waals surface area (Å²) in [6.07, 6.45) is 2.50. The Balaban J connectivity index is 0.000000271. The molecule has 0 saturated carbocycles. The molecular weight excluding hydrogens is 550 g/mol. The lowest BCUT2D eigenvalue weighted by atomic mass is 10.0. The van der Waals surface area contributed by atoms with Gasteiger partial charge in [-0.25, -0.2) is 19.9 Å². The fourth-order valence-electron chi connectivity index (χ4n) is 4.06. The van der Waals surface area contributed by atoms with E-state index in [2.05, 4.69) is 41.4 Å². The summed E-state index contributed by atoms with van der Waals surface area (Å²) < 4.78 is 10.7. The normalized spacial score (nSPS) is 16.0. The van der Waals surface area contributed by atoms with E-state index >= 15 is 0 Å². The molecule has 0 aromatic carbocycles. The molecule has 0 amide bonds. The van der Waals surface area contributed by atoms with Crippen molar-refractivity contribution in [2.45, 2.75) is 71.1 Å². The van der Waals surface area contributed by atoms with Crippen molar-refractivity contribution in [1.29, 1.82) is 0 Å². The van der Waals surface area contributed by atoms with Crippen LogP contribution in [0, 0.1) is 0 Å². The average Bonchev–Trinajstić information content (AvgIpc) is 2.96. The lowest BCUT2D eigenvalue weighted by Crippen LogP contribution is -2.37. The number of aryl methyl sites for hydroxylation is 2. The van der Waals surface area contributed by atoms with Crippen LogP contribution in [0.2, 0.25) is 5.15 Å². The summed E-state index contributed by atoms with van der Waals surface area (Å²) in [5.74, 6) is 11.2. The Labute approximate surface area is 248 Å². The number of halogens is 1. The van der Waals surface area contributed by atoms with Crippen LogP contribution in [0.5, 0.6) is 0 Å². The summed E-state index contributed by atoms with van der Waals surface area (Å²) >= 11 is 6.05. The van der Waals surface area contributed by atoms with Gasteiger partial charge in [0.25, 0.3) is 0 Å². The highest BCUT2D eigenvalue weighted by atomic mass is 35.5. The van der Waals surface area contributed by atoms with E-state index in [4.69, 9.17) is 26.8 Å². The molecule has 0 radical (unpaired) electrons. The summed E-state index contributed by atoms with van der Waals surface area (Å²) in [7, 11) is 0. The third-order valence-electron chi connectivity index (χ3n) is 6.34. The van der Waals surface area contributed by atoms with Crippen molar-refractivity contribution in [3.8, 4) is 0 Å². The summed E-state index contributed by atoms with van der Waals surface area (Å²) in [5.41, 5.74) is 5.13. The molecular formula is C27H48ClN9O4. The van der Waals surface area contributed by atoms with Crippen LogP contribution < -0.4 is 27.2 Å². The molecule has 14 heteroatoms. The minimum absolute atomic E-state index is 0.398. The van der Waals surface area contributed by atoms with Gasteiger partial charge in [-0.3, -0.25) is 11.7 Å². The number of nitrogens with zero attached hydrogens (tertiary/aromatic N) is 6. The van der Waals surface area contributed by atoms with E-state index in [1.807, 2.05) is 6.07 Å².